The molecule has 0 spiro atoms. The molecule has 3 aromatic carbocycles. The molecule has 0 aliphatic rings. The maximum Gasteiger partial charge on any atom is 0.236 e. The average molecular weight is 398 g/mol. The van der Waals surface area contributed by atoms with Crippen molar-refractivity contribution in [1.29, 1.82) is 0 Å². The lowest BCUT2D eigenvalue weighted by Crippen LogP contribution is -2.15. The van der Waals surface area contributed by atoms with Gasteiger partial charge in [0.05, 0.1) is 16.0 Å². The van der Waals surface area contributed by atoms with E-state index in [0.29, 0.717) is 11.3 Å². The number of hydrogen-bond donors (Lipinski definition) is 1. The van der Waals surface area contributed by atoms with Gasteiger partial charge in [-0.25, -0.2) is 17.8 Å². The van der Waals surface area contributed by atoms with Crippen molar-refractivity contribution >= 4 is 37.3 Å². The van der Waals surface area contributed by atoms with Gasteiger partial charge in [-0.05, 0) is 54.1 Å². The summed E-state index contributed by atoms with van der Waals surface area (Å²) >= 11 is 1.59. The SMILES string of the molecule is O=S(=O)(Cc1cccc(F)c1)Nc1ccc(-c2nc3ccccc3s2)cc1. The van der Waals surface area contributed by atoms with Crippen LogP contribution in [0.2, 0.25) is 0 Å². The van der Waals surface area contributed by atoms with Gasteiger partial charge in [-0.3, -0.25) is 4.72 Å². The van der Waals surface area contributed by atoms with E-state index in [1.54, 1.807) is 29.5 Å². The smallest absolute Gasteiger partial charge is 0.236 e. The number of sulfonamides is 1. The number of para-hydroxylation sites is 1. The first kappa shape index (κ1) is 17.6. The summed E-state index contributed by atoms with van der Waals surface area (Å²) in [5.74, 6) is -0.743. The standard InChI is InChI=1S/C20H15FN2O2S2/c21-16-5-3-4-14(12-16)13-27(24,25)23-17-10-8-15(9-11-17)20-22-18-6-1-2-7-19(18)26-20/h1-12,23H,13H2. The third-order valence-corrected chi connectivity index (χ3v) is 6.29. The molecule has 1 aromatic heterocycles. The van der Waals surface area contributed by atoms with Gasteiger partial charge in [0.15, 0.2) is 0 Å². The molecule has 0 saturated heterocycles. The van der Waals surface area contributed by atoms with Gasteiger partial charge in [0, 0.05) is 11.3 Å². The lowest BCUT2D eigenvalue weighted by Gasteiger charge is -2.08. The molecule has 4 aromatic rings. The van der Waals surface area contributed by atoms with Gasteiger partial charge in [-0.2, -0.15) is 0 Å². The number of fused-ring (bicyclic) bond motifs is 1. The van der Waals surface area contributed by atoms with E-state index in [2.05, 4.69) is 9.71 Å². The molecule has 1 N–H and O–H groups in total. The monoisotopic (exact) mass is 398 g/mol. The van der Waals surface area contributed by atoms with Crippen LogP contribution in [0.5, 0.6) is 0 Å². The Morgan fingerprint density at radius 3 is 2.48 bits per heavy atom. The number of rotatable bonds is 5. The number of hydrogen-bond acceptors (Lipinski definition) is 4. The first-order chi connectivity index (χ1) is 13.0. The first-order valence-electron chi connectivity index (χ1n) is 8.19. The molecule has 4 nitrogen and oxygen atoms in total. The minimum absolute atomic E-state index is 0.287. The number of thiazole rings is 1. The molecule has 0 fully saturated rings. The number of benzene rings is 3. The predicted molar refractivity (Wildman–Crippen MR) is 108 cm³/mol. The molecule has 7 heteroatoms. The second kappa shape index (κ2) is 7.09. The molecular formula is C20H15FN2O2S2. The van der Waals surface area contributed by atoms with Crippen molar-refractivity contribution in [2.45, 2.75) is 5.75 Å². The van der Waals surface area contributed by atoms with Crippen LogP contribution in [-0.2, 0) is 15.8 Å². The Labute approximate surface area is 160 Å². The fourth-order valence-corrected chi connectivity index (χ4v) is 4.90. The third kappa shape index (κ3) is 4.15. The topological polar surface area (TPSA) is 59.1 Å². The summed E-state index contributed by atoms with van der Waals surface area (Å²) in [7, 11) is -3.63. The Bertz CT molecular complexity index is 1170. The minimum atomic E-state index is -3.63. The second-order valence-electron chi connectivity index (χ2n) is 6.06. The lowest BCUT2D eigenvalue weighted by molar-refractivity contribution is 0.599. The largest absolute Gasteiger partial charge is 0.283 e. The molecule has 0 aliphatic carbocycles. The summed E-state index contributed by atoms with van der Waals surface area (Å²) in [5, 5.41) is 0.880. The van der Waals surface area contributed by atoms with Gasteiger partial charge in [-0.1, -0.05) is 24.3 Å². The second-order valence-corrected chi connectivity index (χ2v) is 8.81. The van der Waals surface area contributed by atoms with Crippen LogP contribution in [0.3, 0.4) is 0 Å². The van der Waals surface area contributed by atoms with Crippen molar-refractivity contribution in [2.75, 3.05) is 4.72 Å². The molecule has 136 valence electrons. The van der Waals surface area contributed by atoms with E-state index in [9.17, 15) is 12.8 Å². The summed E-state index contributed by atoms with van der Waals surface area (Å²) in [5.41, 5.74) is 2.71. The van der Waals surface area contributed by atoms with E-state index in [-0.39, 0.29) is 5.75 Å². The quantitative estimate of drug-likeness (QED) is 0.512. The van der Waals surface area contributed by atoms with Crippen LogP contribution < -0.4 is 4.72 Å². The van der Waals surface area contributed by atoms with Crippen LogP contribution in [0.25, 0.3) is 20.8 Å². The van der Waals surface area contributed by atoms with Crippen molar-refractivity contribution < 1.29 is 12.8 Å². The van der Waals surface area contributed by atoms with Gasteiger partial charge < -0.3 is 0 Å². The summed E-state index contributed by atoms with van der Waals surface area (Å²) in [6.45, 7) is 0. The Morgan fingerprint density at radius 1 is 0.963 bits per heavy atom. The van der Waals surface area contributed by atoms with Gasteiger partial charge in [-0.15, -0.1) is 11.3 Å². The molecule has 0 aliphatic heterocycles. The third-order valence-electron chi connectivity index (χ3n) is 3.94. The molecular weight excluding hydrogens is 383 g/mol. The zero-order valence-corrected chi connectivity index (χ0v) is 15.7. The van der Waals surface area contributed by atoms with E-state index in [1.807, 2.05) is 36.4 Å². The highest BCUT2D eigenvalue weighted by atomic mass is 32.2. The zero-order valence-electron chi connectivity index (χ0n) is 14.1. The summed E-state index contributed by atoms with van der Waals surface area (Å²) < 4.78 is 41.5. The number of halogens is 1. The van der Waals surface area contributed by atoms with Crippen LogP contribution in [0.1, 0.15) is 5.56 Å². The summed E-state index contributed by atoms with van der Waals surface area (Å²) in [6, 6.07) is 20.5. The van der Waals surface area contributed by atoms with Crippen LogP contribution in [0.15, 0.2) is 72.8 Å². The minimum Gasteiger partial charge on any atom is -0.283 e. The van der Waals surface area contributed by atoms with Gasteiger partial charge in [0.1, 0.15) is 10.8 Å². The van der Waals surface area contributed by atoms with E-state index >= 15 is 0 Å². The fraction of sp³-hybridized carbons (Fsp3) is 0.0500. The molecule has 27 heavy (non-hydrogen) atoms. The van der Waals surface area contributed by atoms with E-state index < -0.39 is 15.8 Å². The normalized spacial score (nSPS) is 11.6. The molecule has 0 bridgehead atoms. The number of aromatic nitrogens is 1. The molecule has 0 saturated carbocycles. The summed E-state index contributed by atoms with van der Waals surface area (Å²) in [4.78, 5) is 4.60. The molecule has 1 heterocycles. The van der Waals surface area contributed by atoms with E-state index in [0.717, 1.165) is 20.8 Å². The highest BCUT2D eigenvalue weighted by Gasteiger charge is 2.13. The molecule has 0 amide bonds. The van der Waals surface area contributed by atoms with Gasteiger partial charge in [0.2, 0.25) is 10.0 Å². The number of nitrogens with zero attached hydrogens (tertiary/aromatic N) is 1. The highest BCUT2D eigenvalue weighted by Crippen LogP contribution is 2.30. The van der Waals surface area contributed by atoms with Crippen LogP contribution in [0, 0.1) is 5.82 Å². The maximum absolute atomic E-state index is 13.2. The lowest BCUT2D eigenvalue weighted by atomic mass is 10.2. The predicted octanol–water partition coefficient (Wildman–Crippen LogP) is 5.04. The average Bonchev–Trinajstić information content (AvgIpc) is 3.05. The van der Waals surface area contributed by atoms with E-state index in [4.69, 9.17) is 0 Å². The first-order valence-corrected chi connectivity index (χ1v) is 10.7. The van der Waals surface area contributed by atoms with Crippen LogP contribution in [-0.4, -0.2) is 13.4 Å². The van der Waals surface area contributed by atoms with Crippen LogP contribution >= 0.6 is 11.3 Å². The van der Waals surface area contributed by atoms with Gasteiger partial charge in [0.25, 0.3) is 0 Å². The Morgan fingerprint density at radius 2 is 1.74 bits per heavy atom. The van der Waals surface area contributed by atoms with Crippen molar-refractivity contribution in [2.24, 2.45) is 0 Å². The van der Waals surface area contributed by atoms with Crippen LogP contribution in [0.4, 0.5) is 10.1 Å². The van der Waals surface area contributed by atoms with Gasteiger partial charge >= 0.3 is 0 Å². The van der Waals surface area contributed by atoms with Crippen molar-refractivity contribution in [3.05, 3.63) is 84.2 Å². The Hall–Kier alpha value is -2.77. The molecule has 4 rings (SSSR count). The highest BCUT2D eigenvalue weighted by molar-refractivity contribution is 7.91. The Kier molecular flexibility index (Phi) is 4.63. The Balaban J connectivity index is 1.51. The van der Waals surface area contributed by atoms with Crippen molar-refractivity contribution in [3.8, 4) is 10.6 Å². The zero-order chi connectivity index (χ0) is 18.9. The number of nitrogens with one attached hydrogen (secondary N) is 1. The van der Waals surface area contributed by atoms with Crippen molar-refractivity contribution in [3.63, 3.8) is 0 Å². The van der Waals surface area contributed by atoms with Crippen molar-refractivity contribution in [1.82, 2.24) is 4.98 Å². The number of anilines is 1. The molecule has 0 atom stereocenters. The van der Waals surface area contributed by atoms with E-state index in [1.165, 1.54) is 18.2 Å². The maximum atomic E-state index is 13.2. The fourth-order valence-electron chi connectivity index (χ4n) is 2.74. The summed E-state index contributed by atoms with van der Waals surface area (Å²) in [6.07, 6.45) is 0. The molecule has 0 radical (unpaired) electrons. The molecule has 0 unspecified atom stereocenters.